The van der Waals surface area contributed by atoms with Crippen molar-refractivity contribution in [1.29, 1.82) is 0 Å². The van der Waals surface area contributed by atoms with Crippen LogP contribution in [0.15, 0.2) is 48.5 Å². The maximum atomic E-state index is 10.4. The number of aliphatic hydroxyl groups is 1. The minimum absolute atomic E-state index is 0.304. The molecule has 18 heavy (non-hydrogen) atoms. The van der Waals surface area contributed by atoms with Gasteiger partial charge in [0, 0.05) is 0 Å². The molecule has 1 nitrogen and oxygen atoms in total. The maximum Gasteiger partial charge on any atom is 0.0827 e. The first kappa shape index (κ1) is 11.5. The monoisotopic (exact) mass is 238 g/mol. The van der Waals surface area contributed by atoms with E-state index in [9.17, 15) is 5.11 Å². The van der Waals surface area contributed by atoms with Gasteiger partial charge in [-0.3, -0.25) is 0 Å². The first-order chi connectivity index (χ1) is 8.74. The van der Waals surface area contributed by atoms with Crippen LogP contribution in [0.5, 0.6) is 0 Å². The molecule has 3 rings (SSSR count). The van der Waals surface area contributed by atoms with Crippen molar-refractivity contribution in [2.45, 2.75) is 25.9 Å². The summed E-state index contributed by atoms with van der Waals surface area (Å²) < 4.78 is 0. The lowest BCUT2D eigenvalue weighted by atomic mass is 9.94. The van der Waals surface area contributed by atoms with Crippen molar-refractivity contribution in [1.82, 2.24) is 0 Å². The first-order valence-corrected chi connectivity index (χ1v) is 6.55. The lowest BCUT2D eigenvalue weighted by molar-refractivity contribution is 0.123. The molecule has 1 aliphatic carbocycles. The van der Waals surface area contributed by atoms with E-state index in [0.29, 0.717) is 5.92 Å². The standard InChI is InChI=1S/C17H18O/c1-12-5-4-6-13(9-12)10-15-11-14-7-2-3-8-16(14)17(15)18/h2-9,15,17-18H,10-11H2,1H3. The predicted molar refractivity (Wildman–Crippen MR) is 73.5 cm³/mol. The molecule has 2 atom stereocenters. The molecular weight excluding hydrogens is 220 g/mol. The second kappa shape index (κ2) is 4.58. The van der Waals surface area contributed by atoms with E-state index in [1.54, 1.807) is 0 Å². The van der Waals surface area contributed by atoms with Gasteiger partial charge in [0.25, 0.3) is 0 Å². The summed E-state index contributed by atoms with van der Waals surface area (Å²) in [5, 5.41) is 10.4. The van der Waals surface area contributed by atoms with Crippen molar-refractivity contribution < 1.29 is 5.11 Å². The Labute approximate surface area is 108 Å². The van der Waals surface area contributed by atoms with E-state index < -0.39 is 0 Å². The molecule has 2 aromatic carbocycles. The summed E-state index contributed by atoms with van der Waals surface area (Å²) >= 11 is 0. The van der Waals surface area contributed by atoms with E-state index in [4.69, 9.17) is 0 Å². The second-order valence-electron chi connectivity index (χ2n) is 5.30. The van der Waals surface area contributed by atoms with Crippen LogP contribution in [0.3, 0.4) is 0 Å². The van der Waals surface area contributed by atoms with Crippen LogP contribution in [0.4, 0.5) is 0 Å². The third-order valence-corrected chi connectivity index (χ3v) is 3.88. The highest BCUT2D eigenvalue weighted by molar-refractivity contribution is 5.35. The molecule has 0 saturated carbocycles. The van der Waals surface area contributed by atoms with Gasteiger partial charge in [0.15, 0.2) is 0 Å². The van der Waals surface area contributed by atoms with E-state index in [2.05, 4.69) is 49.4 Å². The molecule has 0 radical (unpaired) electrons. The van der Waals surface area contributed by atoms with Crippen molar-refractivity contribution in [3.8, 4) is 0 Å². The molecule has 0 fully saturated rings. The van der Waals surface area contributed by atoms with E-state index >= 15 is 0 Å². The molecule has 0 spiro atoms. The number of hydrogen-bond acceptors (Lipinski definition) is 1. The largest absolute Gasteiger partial charge is 0.388 e. The summed E-state index contributed by atoms with van der Waals surface area (Å²) in [5.41, 5.74) is 5.04. The fourth-order valence-corrected chi connectivity index (χ4v) is 2.98. The van der Waals surface area contributed by atoms with Crippen LogP contribution < -0.4 is 0 Å². The van der Waals surface area contributed by atoms with Gasteiger partial charge in [-0.25, -0.2) is 0 Å². The summed E-state index contributed by atoms with van der Waals surface area (Å²) in [7, 11) is 0. The Hall–Kier alpha value is -1.60. The Bertz CT molecular complexity index is 559. The Morgan fingerprint density at radius 1 is 1.11 bits per heavy atom. The van der Waals surface area contributed by atoms with Crippen LogP contribution in [0.2, 0.25) is 0 Å². The van der Waals surface area contributed by atoms with E-state index in [1.807, 2.05) is 6.07 Å². The van der Waals surface area contributed by atoms with E-state index in [0.717, 1.165) is 18.4 Å². The molecule has 0 bridgehead atoms. The topological polar surface area (TPSA) is 20.2 Å². The van der Waals surface area contributed by atoms with Gasteiger partial charge in [0.05, 0.1) is 6.10 Å². The summed E-state index contributed by atoms with van der Waals surface area (Å²) in [6.45, 7) is 2.11. The van der Waals surface area contributed by atoms with Crippen LogP contribution in [-0.4, -0.2) is 5.11 Å². The Balaban J connectivity index is 1.81. The van der Waals surface area contributed by atoms with E-state index in [-0.39, 0.29) is 6.10 Å². The SMILES string of the molecule is Cc1cccc(CC2Cc3ccccc3C2O)c1. The number of benzene rings is 2. The number of aryl methyl sites for hydroxylation is 1. The van der Waals surface area contributed by atoms with Gasteiger partial charge in [-0.05, 0) is 42.4 Å². The van der Waals surface area contributed by atoms with Gasteiger partial charge in [0.2, 0.25) is 0 Å². The van der Waals surface area contributed by atoms with Crippen molar-refractivity contribution in [2.24, 2.45) is 5.92 Å². The molecule has 1 N–H and O–H groups in total. The molecule has 0 heterocycles. The summed E-state index contributed by atoms with van der Waals surface area (Å²) in [6.07, 6.45) is 1.64. The third kappa shape index (κ3) is 2.06. The lowest BCUT2D eigenvalue weighted by Crippen LogP contribution is -2.10. The van der Waals surface area contributed by atoms with Crippen LogP contribution in [0, 0.1) is 12.8 Å². The van der Waals surface area contributed by atoms with Crippen LogP contribution in [0.1, 0.15) is 28.4 Å². The zero-order valence-electron chi connectivity index (χ0n) is 10.6. The van der Waals surface area contributed by atoms with Crippen molar-refractivity contribution in [3.63, 3.8) is 0 Å². The summed E-state index contributed by atoms with van der Waals surface area (Å²) in [4.78, 5) is 0. The molecule has 0 saturated heterocycles. The fraction of sp³-hybridized carbons (Fsp3) is 0.294. The van der Waals surface area contributed by atoms with Crippen molar-refractivity contribution in [2.75, 3.05) is 0 Å². The minimum Gasteiger partial charge on any atom is -0.388 e. The Morgan fingerprint density at radius 3 is 2.72 bits per heavy atom. The van der Waals surface area contributed by atoms with Gasteiger partial charge in [-0.1, -0.05) is 54.1 Å². The Morgan fingerprint density at radius 2 is 1.94 bits per heavy atom. The average Bonchev–Trinajstić information content (AvgIpc) is 2.67. The normalized spacial score (nSPS) is 21.9. The van der Waals surface area contributed by atoms with Gasteiger partial charge in [-0.2, -0.15) is 0 Å². The second-order valence-corrected chi connectivity index (χ2v) is 5.30. The molecule has 1 heteroatoms. The molecule has 2 unspecified atom stereocenters. The predicted octanol–water partition coefficient (Wildman–Crippen LogP) is 3.44. The van der Waals surface area contributed by atoms with E-state index in [1.165, 1.54) is 16.7 Å². The maximum absolute atomic E-state index is 10.4. The molecule has 2 aromatic rings. The number of hydrogen-bond donors (Lipinski definition) is 1. The van der Waals surface area contributed by atoms with Crippen LogP contribution >= 0.6 is 0 Å². The highest BCUT2D eigenvalue weighted by atomic mass is 16.3. The highest BCUT2D eigenvalue weighted by Crippen LogP contribution is 2.37. The molecule has 0 aromatic heterocycles. The van der Waals surface area contributed by atoms with Crippen molar-refractivity contribution >= 4 is 0 Å². The molecule has 0 amide bonds. The lowest BCUT2D eigenvalue weighted by Gasteiger charge is -2.15. The highest BCUT2D eigenvalue weighted by Gasteiger charge is 2.30. The van der Waals surface area contributed by atoms with Gasteiger partial charge >= 0.3 is 0 Å². The van der Waals surface area contributed by atoms with Gasteiger partial charge in [-0.15, -0.1) is 0 Å². The summed E-state index contributed by atoms with van der Waals surface area (Å²) in [5.74, 6) is 0.323. The molecule has 92 valence electrons. The molecule has 1 aliphatic rings. The van der Waals surface area contributed by atoms with Crippen LogP contribution in [0.25, 0.3) is 0 Å². The smallest absolute Gasteiger partial charge is 0.0827 e. The summed E-state index contributed by atoms with van der Waals surface area (Å²) in [6, 6.07) is 16.8. The quantitative estimate of drug-likeness (QED) is 0.849. The minimum atomic E-state index is -0.304. The zero-order chi connectivity index (χ0) is 12.5. The molecule has 0 aliphatic heterocycles. The number of rotatable bonds is 2. The fourth-order valence-electron chi connectivity index (χ4n) is 2.98. The van der Waals surface area contributed by atoms with Gasteiger partial charge in [0.1, 0.15) is 0 Å². The average molecular weight is 238 g/mol. The van der Waals surface area contributed by atoms with Crippen LogP contribution in [-0.2, 0) is 12.8 Å². The molecular formula is C17H18O. The zero-order valence-corrected chi connectivity index (χ0v) is 10.6. The Kier molecular flexibility index (Phi) is 2.92. The number of aliphatic hydroxyl groups excluding tert-OH is 1. The first-order valence-electron chi connectivity index (χ1n) is 6.55. The third-order valence-electron chi connectivity index (χ3n) is 3.88. The number of fused-ring (bicyclic) bond motifs is 1. The van der Waals surface area contributed by atoms with Crippen molar-refractivity contribution in [3.05, 3.63) is 70.8 Å². The van der Waals surface area contributed by atoms with Gasteiger partial charge < -0.3 is 5.11 Å².